The van der Waals surface area contributed by atoms with Gasteiger partial charge in [0.1, 0.15) is 5.75 Å². The highest BCUT2D eigenvalue weighted by Gasteiger charge is 2.12. The molecule has 0 bridgehead atoms. The number of rotatable bonds is 1. The van der Waals surface area contributed by atoms with Crippen LogP contribution in [0.4, 0.5) is 0 Å². The van der Waals surface area contributed by atoms with Crippen LogP contribution in [0.3, 0.4) is 0 Å². The van der Waals surface area contributed by atoms with E-state index in [1.54, 1.807) is 0 Å². The minimum Gasteiger partial charge on any atom is -0.507 e. The van der Waals surface area contributed by atoms with Gasteiger partial charge in [-0.15, -0.1) is 0 Å². The van der Waals surface area contributed by atoms with Gasteiger partial charge in [0.25, 0.3) is 0 Å². The van der Waals surface area contributed by atoms with E-state index in [0.29, 0.717) is 5.75 Å². The molecule has 0 amide bonds. The maximum Gasteiger partial charge on any atom is 0.131 e. The van der Waals surface area contributed by atoms with E-state index < -0.39 is 0 Å². The van der Waals surface area contributed by atoms with Crippen molar-refractivity contribution >= 4 is 37.5 Å². The van der Waals surface area contributed by atoms with Crippen molar-refractivity contribution in [3.63, 3.8) is 0 Å². The van der Waals surface area contributed by atoms with E-state index in [9.17, 15) is 5.11 Å². The zero-order valence-corrected chi connectivity index (χ0v) is 13.3. The Balaban J connectivity index is 2.03. The molecule has 1 nitrogen and oxygen atoms in total. The van der Waals surface area contributed by atoms with E-state index in [1.165, 1.54) is 5.39 Å². The summed E-state index contributed by atoms with van der Waals surface area (Å²) in [6.07, 6.45) is 0. The molecule has 0 aliphatic carbocycles. The largest absolute Gasteiger partial charge is 0.507 e. The Morgan fingerprint density at radius 3 is 1.86 bits per heavy atom. The van der Waals surface area contributed by atoms with Crippen LogP contribution in [0.1, 0.15) is 0 Å². The Morgan fingerprint density at radius 2 is 1.14 bits per heavy atom. The summed E-state index contributed by atoms with van der Waals surface area (Å²) in [4.78, 5) is 0. The molecule has 0 fully saturated rings. The number of phenols is 1. The topological polar surface area (TPSA) is 20.2 Å². The third-order valence-electron chi connectivity index (χ3n) is 4.05. The van der Waals surface area contributed by atoms with Crippen LogP contribution in [0.25, 0.3) is 32.7 Å². The van der Waals surface area contributed by atoms with Gasteiger partial charge in [-0.05, 0) is 38.2 Å². The van der Waals surface area contributed by atoms with Crippen LogP contribution in [-0.4, -0.2) is 5.11 Å². The number of aromatic hydroxyl groups is 1. The maximum absolute atomic E-state index is 10.7. The fraction of sp³-hybridized carbons (Fsp3) is 0. The van der Waals surface area contributed by atoms with Gasteiger partial charge in [-0.3, -0.25) is 0 Å². The molecule has 0 unspecified atom stereocenters. The lowest BCUT2D eigenvalue weighted by atomic mass is 9.97. The van der Waals surface area contributed by atoms with Crippen molar-refractivity contribution in [2.24, 2.45) is 0 Å². The van der Waals surface area contributed by atoms with Crippen LogP contribution in [-0.2, 0) is 0 Å². The van der Waals surface area contributed by atoms with Crippen LogP contribution < -0.4 is 0 Å². The van der Waals surface area contributed by atoms with E-state index in [-0.39, 0.29) is 0 Å². The first-order valence-electron chi connectivity index (χ1n) is 7.14. The van der Waals surface area contributed by atoms with Gasteiger partial charge >= 0.3 is 0 Å². The smallest absolute Gasteiger partial charge is 0.131 e. The maximum atomic E-state index is 10.7. The molecule has 4 rings (SSSR count). The highest BCUT2D eigenvalue weighted by Crippen LogP contribution is 2.41. The van der Waals surface area contributed by atoms with E-state index in [1.807, 2.05) is 48.5 Å². The second kappa shape index (κ2) is 5.15. The van der Waals surface area contributed by atoms with Crippen molar-refractivity contribution in [3.05, 3.63) is 77.3 Å². The second-order valence-corrected chi connectivity index (χ2v) is 6.12. The lowest BCUT2D eigenvalue weighted by Crippen LogP contribution is -1.85. The summed E-state index contributed by atoms with van der Waals surface area (Å²) >= 11 is 3.71. The van der Waals surface area contributed by atoms with Crippen molar-refractivity contribution in [2.45, 2.75) is 0 Å². The minimum absolute atomic E-state index is 0.328. The summed E-state index contributed by atoms with van der Waals surface area (Å²) in [5.41, 5.74) is 1.85. The average Bonchev–Trinajstić information content (AvgIpc) is 2.57. The molecule has 22 heavy (non-hydrogen) atoms. The molecular weight excluding hydrogens is 336 g/mol. The number of hydrogen-bond acceptors (Lipinski definition) is 1. The summed E-state index contributed by atoms with van der Waals surface area (Å²) in [6, 6.07) is 24.3. The first-order valence-corrected chi connectivity index (χ1v) is 7.93. The molecule has 0 aliphatic rings. The molecule has 4 aromatic carbocycles. The summed E-state index contributed by atoms with van der Waals surface area (Å²) in [7, 11) is 0. The molecule has 0 aromatic heterocycles. The number of benzene rings is 4. The Morgan fingerprint density at radius 1 is 0.591 bits per heavy atom. The molecule has 0 atom stereocenters. The van der Waals surface area contributed by atoms with Crippen LogP contribution in [0.2, 0.25) is 0 Å². The Labute approximate surface area is 137 Å². The van der Waals surface area contributed by atoms with Crippen LogP contribution in [0, 0.1) is 0 Å². The third kappa shape index (κ3) is 1.99. The molecule has 0 heterocycles. The lowest BCUT2D eigenvalue weighted by molar-refractivity contribution is 0.483. The second-order valence-electron chi connectivity index (χ2n) is 5.33. The molecular formula is C20H13BrO. The van der Waals surface area contributed by atoms with Gasteiger partial charge in [0, 0.05) is 21.0 Å². The van der Waals surface area contributed by atoms with Crippen molar-refractivity contribution in [1.29, 1.82) is 0 Å². The van der Waals surface area contributed by atoms with Crippen molar-refractivity contribution < 1.29 is 5.11 Å². The van der Waals surface area contributed by atoms with E-state index >= 15 is 0 Å². The zero-order valence-electron chi connectivity index (χ0n) is 11.8. The molecule has 106 valence electrons. The van der Waals surface area contributed by atoms with Gasteiger partial charge in [0.2, 0.25) is 0 Å². The van der Waals surface area contributed by atoms with Crippen LogP contribution in [0.15, 0.2) is 77.3 Å². The van der Waals surface area contributed by atoms with Crippen LogP contribution in [0.5, 0.6) is 5.75 Å². The number of phenolic OH excluding ortho intramolecular Hbond substituents is 1. The summed E-state index contributed by atoms with van der Waals surface area (Å²) < 4.78 is 1.01. The Hall–Kier alpha value is -2.32. The summed E-state index contributed by atoms with van der Waals surface area (Å²) in [5.74, 6) is 0.328. The molecule has 4 aromatic rings. The van der Waals surface area contributed by atoms with Gasteiger partial charge in [0.05, 0.1) is 0 Å². The number of halogens is 1. The fourth-order valence-corrected chi connectivity index (χ4v) is 3.62. The van der Waals surface area contributed by atoms with Crippen molar-refractivity contribution in [3.8, 4) is 16.9 Å². The highest BCUT2D eigenvalue weighted by atomic mass is 79.9. The Bertz CT molecular complexity index is 922. The quantitative estimate of drug-likeness (QED) is 0.438. The molecule has 0 spiro atoms. The Kier molecular flexibility index (Phi) is 3.12. The predicted molar refractivity (Wildman–Crippen MR) is 96.3 cm³/mol. The first kappa shape index (κ1) is 13.4. The fourth-order valence-electron chi connectivity index (χ4n) is 2.91. The monoisotopic (exact) mass is 348 g/mol. The molecule has 0 aliphatic heterocycles. The number of fused-ring (bicyclic) bond motifs is 2. The van der Waals surface area contributed by atoms with Crippen molar-refractivity contribution in [2.75, 3.05) is 0 Å². The average molecular weight is 349 g/mol. The molecule has 0 saturated carbocycles. The predicted octanol–water partition coefficient (Wildman–Crippen LogP) is 6.13. The highest BCUT2D eigenvalue weighted by molar-refractivity contribution is 9.10. The standard InChI is InChI=1S/C20H13BrO/c21-19-15-7-3-1-5-13(15)9-11-17(19)18-12-10-14-6-2-4-8-16(14)20(18)22/h1-12,22H. The van der Waals surface area contributed by atoms with Crippen LogP contribution >= 0.6 is 15.9 Å². The first-order chi connectivity index (χ1) is 10.8. The molecule has 0 saturated heterocycles. The van der Waals surface area contributed by atoms with Gasteiger partial charge < -0.3 is 5.11 Å². The van der Waals surface area contributed by atoms with E-state index in [4.69, 9.17) is 0 Å². The van der Waals surface area contributed by atoms with Gasteiger partial charge in [-0.1, -0.05) is 66.7 Å². The molecule has 2 heteroatoms. The van der Waals surface area contributed by atoms with Gasteiger partial charge in [-0.2, -0.15) is 0 Å². The van der Waals surface area contributed by atoms with Gasteiger partial charge in [-0.25, -0.2) is 0 Å². The zero-order chi connectivity index (χ0) is 15.1. The minimum atomic E-state index is 0.328. The van der Waals surface area contributed by atoms with E-state index in [0.717, 1.165) is 31.8 Å². The number of hydrogen-bond donors (Lipinski definition) is 1. The van der Waals surface area contributed by atoms with Crippen molar-refractivity contribution in [1.82, 2.24) is 0 Å². The molecule has 0 radical (unpaired) electrons. The third-order valence-corrected chi connectivity index (χ3v) is 4.91. The van der Waals surface area contributed by atoms with E-state index in [2.05, 4.69) is 40.2 Å². The lowest BCUT2D eigenvalue weighted by Gasteiger charge is -2.12. The molecule has 1 N–H and O–H groups in total. The van der Waals surface area contributed by atoms with Gasteiger partial charge in [0.15, 0.2) is 0 Å². The SMILES string of the molecule is Oc1c(-c2ccc3ccccc3c2Br)ccc2ccccc12. The summed E-state index contributed by atoms with van der Waals surface area (Å²) in [5, 5.41) is 14.9. The normalized spacial score (nSPS) is 11.1. The summed E-state index contributed by atoms with van der Waals surface area (Å²) in [6.45, 7) is 0.